The SMILES string of the molecule is FC(F)(F)c1ccc2nc(CCC3CCCNC3)[nH]c2c1. The number of aryl methyl sites for hydroxylation is 1. The largest absolute Gasteiger partial charge is 0.416 e. The molecule has 1 saturated heterocycles. The van der Waals surface area contributed by atoms with E-state index < -0.39 is 11.7 Å². The van der Waals surface area contributed by atoms with Crippen LogP contribution >= 0.6 is 0 Å². The van der Waals surface area contributed by atoms with E-state index in [0.29, 0.717) is 17.0 Å². The van der Waals surface area contributed by atoms with Crippen LogP contribution in [0.3, 0.4) is 0 Å². The van der Waals surface area contributed by atoms with Crippen molar-refractivity contribution in [2.24, 2.45) is 5.92 Å². The molecule has 0 bridgehead atoms. The lowest BCUT2D eigenvalue weighted by atomic mass is 9.95. The molecule has 6 heteroatoms. The smallest absolute Gasteiger partial charge is 0.342 e. The van der Waals surface area contributed by atoms with Gasteiger partial charge in [0.2, 0.25) is 0 Å². The van der Waals surface area contributed by atoms with Crippen LogP contribution in [0.1, 0.15) is 30.7 Å². The Kier molecular flexibility index (Phi) is 3.89. The number of nitrogens with zero attached hydrogens (tertiary/aromatic N) is 1. The fourth-order valence-electron chi connectivity index (χ4n) is 2.87. The fraction of sp³-hybridized carbons (Fsp3) is 0.533. The zero-order valence-corrected chi connectivity index (χ0v) is 11.6. The lowest BCUT2D eigenvalue weighted by molar-refractivity contribution is -0.137. The molecular formula is C15H18F3N3. The van der Waals surface area contributed by atoms with E-state index in [2.05, 4.69) is 15.3 Å². The molecule has 0 saturated carbocycles. The number of aromatic nitrogens is 2. The summed E-state index contributed by atoms with van der Waals surface area (Å²) in [6, 6.07) is 3.65. The molecule has 114 valence electrons. The number of H-pyrrole nitrogens is 1. The van der Waals surface area contributed by atoms with Gasteiger partial charge in [0.25, 0.3) is 0 Å². The first-order valence-corrected chi connectivity index (χ1v) is 7.29. The molecule has 1 aliphatic heterocycles. The molecule has 2 aromatic rings. The van der Waals surface area contributed by atoms with Gasteiger partial charge in [-0.05, 0) is 56.5 Å². The molecule has 1 aliphatic rings. The number of fused-ring (bicyclic) bond motifs is 1. The van der Waals surface area contributed by atoms with Gasteiger partial charge in [0.15, 0.2) is 0 Å². The molecule has 2 N–H and O–H groups in total. The second kappa shape index (κ2) is 5.67. The van der Waals surface area contributed by atoms with E-state index in [-0.39, 0.29) is 0 Å². The van der Waals surface area contributed by atoms with Crippen molar-refractivity contribution >= 4 is 11.0 Å². The Hall–Kier alpha value is -1.56. The minimum Gasteiger partial charge on any atom is -0.342 e. The van der Waals surface area contributed by atoms with Gasteiger partial charge in [-0.25, -0.2) is 4.98 Å². The van der Waals surface area contributed by atoms with E-state index in [1.165, 1.54) is 18.9 Å². The van der Waals surface area contributed by atoms with Crippen LogP contribution in [0.5, 0.6) is 0 Å². The number of benzene rings is 1. The highest BCUT2D eigenvalue weighted by Crippen LogP contribution is 2.31. The van der Waals surface area contributed by atoms with Crippen LogP contribution in [-0.2, 0) is 12.6 Å². The lowest BCUT2D eigenvalue weighted by Gasteiger charge is -2.22. The molecular weight excluding hydrogens is 279 g/mol. The van der Waals surface area contributed by atoms with Crippen molar-refractivity contribution in [3.63, 3.8) is 0 Å². The van der Waals surface area contributed by atoms with Crippen LogP contribution in [0.25, 0.3) is 11.0 Å². The van der Waals surface area contributed by atoms with Crippen molar-refractivity contribution in [1.29, 1.82) is 0 Å². The summed E-state index contributed by atoms with van der Waals surface area (Å²) in [6.07, 6.45) is -0.111. The fourth-order valence-corrected chi connectivity index (χ4v) is 2.87. The average molecular weight is 297 g/mol. The zero-order valence-electron chi connectivity index (χ0n) is 11.6. The maximum absolute atomic E-state index is 12.7. The molecule has 3 nitrogen and oxygen atoms in total. The van der Waals surface area contributed by atoms with Gasteiger partial charge in [-0.3, -0.25) is 0 Å². The summed E-state index contributed by atoms with van der Waals surface area (Å²) < 4.78 is 38.0. The Morgan fingerprint density at radius 1 is 1.29 bits per heavy atom. The van der Waals surface area contributed by atoms with E-state index in [1.807, 2.05) is 0 Å². The summed E-state index contributed by atoms with van der Waals surface area (Å²) in [7, 11) is 0. The van der Waals surface area contributed by atoms with E-state index >= 15 is 0 Å². The highest BCUT2D eigenvalue weighted by molar-refractivity contribution is 5.76. The summed E-state index contributed by atoms with van der Waals surface area (Å²) in [4.78, 5) is 7.39. The van der Waals surface area contributed by atoms with E-state index in [9.17, 15) is 13.2 Å². The van der Waals surface area contributed by atoms with Crippen LogP contribution in [0.4, 0.5) is 13.2 Å². The van der Waals surface area contributed by atoms with Crippen LogP contribution in [-0.4, -0.2) is 23.1 Å². The van der Waals surface area contributed by atoms with Crippen molar-refractivity contribution in [2.45, 2.75) is 31.9 Å². The van der Waals surface area contributed by atoms with Gasteiger partial charge >= 0.3 is 6.18 Å². The number of halogens is 3. The Morgan fingerprint density at radius 3 is 2.86 bits per heavy atom. The van der Waals surface area contributed by atoms with Gasteiger partial charge in [-0.15, -0.1) is 0 Å². The van der Waals surface area contributed by atoms with Gasteiger partial charge < -0.3 is 10.3 Å². The van der Waals surface area contributed by atoms with E-state index in [1.54, 1.807) is 0 Å². The topological polar surface area (TPSA) is 40.7 Å². The molecule has 1 fully saturated rings. The molecule has 1 aromatic heterocycles. The van der Waals surface area contributed by atoms with Gasteiger partial charge in [0.05, 0.1) is 16.6 Å². The third-order valence-electron chi connectivity index (χ3n) is 4.05. The van der Waals surface area contributed by atoms with Crippen molar-refractivity contribution in [2.75, 3.05) is 13.1 Å². The van der Waals surface area contributed by atoms with E-state index in [0.717, 1.165) is 43.9 Å². The quantitative estimate of drug-likeness (QED) is 0.910. The number of imidazole rings is 1. The third-order valence-corrected chi connectivity index (χ3v) is 4.05. The van der Waals surface area contributed by atoms with Crippen molar-refractivity contribution in [3.05, 3.63) is 29.6 Å². The molecule has 0 aliphatic carbocycles. The number of aromatic amines is 1. The maximum atomic E-state index is 12.7. The first kappa shape index (κ1) is 14.4. The van der Waals surface area contributed by atoms with Crippen LogP contribution in [0.2, 0.25) is 0 Å². The van der Waals surface area contributed by atoms with E-state index in [4.69, 9.17) is 0 Å². The summed E-state index contributed by atoms with van der Waals surface area (Å²) >= 11 is 0. The number of hydrogen-bond donors (Lipinski definition) is 2. The molecule has 0 spiro atoms. The van der Waals surface area contributed by atoms with Crippen molar-refractivity contribution in [3.8, 4) is 0 Å². The van der Waals surface area contributed by atoms with Crippen molar-refractivity contribution in [1.82, 2.24) is 15.3 Å². The number of rotatable bonds is 3. The number of nitrogens with one attached hydrogen (secondary N) is 2. The Labute approximate surface area is 121 Å². The molecule has 21 heavy (non-hydrogen) atoms. The monoisotopic (exact) mass is 297 g/mol. The second-order valence-electron chi connectivity index (χ2n) is 5.66. The molecule has 1 unspecified atom stereocenters. The third kappa shape index (κ3) is 3.37. The normalized spacial score (nSPS) is 20.0. The summed E-state index contributed by atoms with van der Waals surface area (Å²) in [5.74, 6) is 1.41. The Morgan fingerprint density at radius 2 is 2.14 bits per heavy atom. The number of piperidine rings is 1. The number of hydrogen-bond acceptors (Lipinski definition) is 2. The molecule has 0 amide bonds. The Bertz CT molecular complexity index is 612. The Balaban J connectivity index is 1.71. The van der Waals surface area contributed by atoms with Gasteiger partial charge in [0, 0.05) is 6.42 Å². The predicted octanol–water partition coefficient (Wildman–Crippen LogP) is 3.51. The van der Waals surface area contributed by atoms with Gasteiger partial charge in [-0.2, -0.15) is 13.2 Å². The molecule has 2 heterocycles. The standard InChI is InChI=1S/C15H18F3N3/c16-15(17,18)11-4-5-12-13(8-11)21-14(20-12)6-3-10-2-1-7-19-9-10/h4-5,8,10,19H,1-3,6-7,9H2,(H,20,21). The highest BCUT2D eigenvalue weighted by atomic mass is 19.4. The first-order chi connectivity index (χ1) is 10.0. The molecule has 0 radical (unpaired) electrons. The second-order valence-corrected chi connectivity index (χ2v) is 5.66. The summed E-state index contributed by atoms with van der Waals surface area (Å²) in [6.45, 7) is 2.11. The van der Waals surface area contributed by atoms with Crippen LogP contribution < -0.4 is 5.32 Å². The first-order valence-electron chi connectivity index (χ1n) is 7.29. The molecule has 1 atom stereocenters. The van der Waals surface area contributed by atoms with Gasteiger partial charge in [-0.1, -0.05) is 0 Å². The number of alkyl halides is 3. The summed E-state index contributed by atoms with van der Waals surface area (Å²) in [5, 5.41) is 3.37. The molecule has 3 rings (SSSR count). The minimum absolute atomic E-state index is 0.460. The van der Waals surface area contributed by atoms with Crippen LogP contribution in [0.15, 0.2) is 18.2 Å². The predicted molar refractivity (Wildman–Crippen MR) is 75.0 cm³/mol. The average Bonchev–Trinajstić information content (AvgIpc) is 2.87. The van der Waals surface area contributed by atoms with Crippen LogP contribution in [0, 0.1) is 5.92 Å². The van der Waals surface area contributed by atoms with Gasteiger partial charge in [0.1, 0.15) is 5.82 Å². The highest BCUT2D eigenvalue weighted by Gasteiger charge is 2.30. The lowest BCUT2D eigenvalue weighted by Crippen LogP contribution is -2.29. The minimum atomic E-state index is -4.31. The van der Waals surface area contributed by atoms with Crippen molar-refractivity contribution < 1.29 is 13.2 Å². The maximum Gasteiger partial charge on any atom is 0.416 e. The summed E-state index contributed by atoms with van der Waals surface area (Å²) in [5.41, 5.74) is 0.419. The molecule has 1 aromatic carbocycles. The zero-order chi connectivity index (χ0) is 14.9.